The molecule has 0 spiro atoms. The van der Waals surface area contributed by atoms with E-state index < -0.39 is 12.1 Å². The summed E-state index contributed by atoms with van der Waals surface area (Å²) in [4.78, 5) is 41.6. The van der Waals surface area contributed by atoms with Crippen LogP contribution in [0.5, 0.6) is 0 Å². The van der Waals surface area contributed by atoms with Crippen molar-refractivity contribution in [3.8, 4) is 0 Å². The van der Waals surface area contributed by atoms with Crippen LogP contribution >= 0.6 is 0 Å². The van der Waals surface area contributed by atoms with Gasteiger partial charge in [0.1, 0.15) is 11.8 Å². The number of nitrogens with zero attached hydrogens (tertiary/aromatic N) is 2. The van der Waals surface area contributed by atoms with Gasteiger partial charge in [0, 0.05) is 25.4 Å². The molecule has 2 N–H and O–H groups in total. The van der Waals surface area contributed by atoms with Crippen LogP contribution in [0.3, 0.4) is 0 Å². The molecule has 1 unspecified atom stereocenters. The third-order valence-corrected chi connectivity index (χ3v) is 3.88. The van der Waals surface area contributed by atoms with Crippen molar-refractivity contribution >= 4 is 17.8 Å². The predicted molar refractivity (Wildman–Crippen MR) is 86.9 cm³/mol. The number of carbonyl (C=O) groups is 3. The van der Waals surface area contributed by atoms with Gasteiger partial charge in [0.25, 0.3) is 0 Å². The van der Waals surface area contributed by atoms with E-state index >= 15 is 0 Å². The molecule has 2 aromatic heterocycles. The van der Waals surface area contributed by atoms with Gasteiger partial charge in [-0.2, -0.15) is 0 Å². The number of amides is 4. The van der Waals surface area contributed by atoms with Gasteiger partial charge in [-0.05, 0) is 36.2 Å². The summed E-state index contributed by atoms with van der Waals surface area (Å²) in [5.74, 6) is -0.0193. The highest BCUT2D eigenvalue weighted by Gasteiger charge is 2.30. The van der Waals surface area contributed by atoms with E-state index in [1.54, 1.807) is 35.7 Å². The standard InChI is InChI=1S/C17H18N4O4/c22-15-4-3-14(19-17(24)20-15)16(23)21(11-13-2-1-9-25-13)10-12-5-7-18-8-6-12/h1-2,5-9,14H,3-4,10-11H2,(H2,19,20,22,24). The maximum absolute atomic E-state index is 12.9. The Morgan fingerprint density at radius 1 is 1.24 bits per heavy atom. The third kappa shape index (κ3) is 4.43. The quantitative estimate of drug-likeness (QED) is 0.849. The van der Waals surface area contributed by atoms with Crippen LogP contribution in [0.1, 0.15) is 24.2 Å². The summed E-state index contributed by atoms with van der Waals surface area (Å²) in [6, 6.07) is 5.76. The second-order valence-corrected chi connectivity index (χ2v) is 5.74. The summed E-state index contributed by atoms with van der Waals surface area (Å²) in [5.41, 5.74) is 0.907. The predicted octanol–water partition coefficient (Wildman–Crippen LogP) is 1.19. The van der Waals surface area contributed by atoms with Crippen LogP contribution < -0.4 is 10.6 Å². The fraction of sp³-hybridized carbons (Fsp3) is 0.294. The van der Waals surface area contributed by atoms with Gasteiger partial charge in [-0.1, -0.05) is 0 Å². The Morgan fingerprint density at radius 2 is 2.04 bits per heavy atom. The number of hydrogen-bond donors (Lipinski definition) is 2. The Labute approximate surface area is 144 Å². The molecule has 1 atom stereocenters. The molecule has 130 valence electrons. The fourth-order valence-corrected chi connectivity index (χ4v) is 2.65. The highest BCUT2D eigenvalue weighted by Crippen LogP contribution is 2.14. The summed E-state index contributed by atoms with van der Waals surface area (Å²) in [6.45, 7) is 0.609. The molecule has 1 aliphatic heterocycles. The molecule has 0 aromatic carbocycles. The number of urea groups is 1. The summed E-state index contributed by atoms with van der Waals surface area (Å²) in [5, 5.41) is 4.72. The second kappa shape index (κ2) is 7.61. The highest BCUT2D eigenvalue weighted by molar-refractivity contribution is 5.98. The first-order valence-electron chi connectivity index (χ1n) is 7.92. The van der Waals surface area contributed by atoms with Crippen molar-refractivity contribution in [1.29, 1.82) is 0 Å². The molecule has 4 amide bonds. The molecular formula is C17H18N4O4. The van der Waals surface area contributed by atoms with Gasteiger partial charge in [0.15, 0.2) is 0 Å². The highest BCUT2D eigenvalue weighted by atomic mass is 16.3. The van der Waals surface area contributed by atoms with Gasteiger partial charge in [0.2, 0.25) is 11.8 Å². The zero-order valence-corrected chi connectivity index (χ0v) is 13.5. The average Bonchev–Trinajstić information content (AvgIpc) is 3.05. The molecule has 3 rings (SSSR count). The van der Waals surface area contributed by atoms with Gasteiger partial charge in [-0.3, -0.25) is 19.9 Å². The fourth-order valence-electron chi connectivity index (χ4n) is 2.65. The molecule has 0 bridgehead atoms. The minimum absolute atomic E-state index is 0.110. The van der Waals surface area contributed by atoms with Crippen molar-refractivity contribution in [2.45, 2.75) is 32.0 Å². The minimum atomic E-state index is -0.761. The first kappa shape index (κ1) is 16.7. The van der Waals surface area contributed by atoms with Crippen molar-refractivity contribution in [2.24, 2.45) is 0 Å². The van der Waals surface area contributed by atoms with E-state index in [1.807, 2.05) is 12.1 Å². The Hall–Kier alpha value is -3.16. The number of carbonyl (C=O) groups excluding carboxylic acids is 3. The Balaban J connectivity index is 1.78. The molecular weight excluding hydrogens is 324 g/mol. The molecule has 0 radical (unpaired) electrons. The lowest BCUT2D eigenvalue weighted by atomic mass is 10.1. The number of aromatic nitrogens is 1. The van der Waals surface area contributed by atoms with Crippen LogP contribution in [0, 0.1) is 0 Å². The van der Waals surface area contributed by atoms with Gasteiger partial charge in [0.05, 0.1) is 12.8 Å². The van der Waals surface area contributed by atoms with E-state index in [2.05, 4.69) is 15.6 Å². The molecule has 0 saturated carbocycles. The molecule has 1 fully saturated rings. The van der Waals surface area contributed by atoms with Crippen LogP contribution in [0.2, 0.25) is 0 Å². The zero-order valence-electron chi connectivity index (χ0n) is 13.5. The van der Waals surface area contributed by atoms with Crippen molar-refractivity contribution < 1.29 is 18.8 Å². The lowest BCUT2D eigenvalue weighted by Crippen LogP contribution is -2.49. The average molecular weight is 342 g/mol. The van der Waals surface area contributed by atoms with Crippen molar-refractivity contribution in [1.82, 2.24) is 20.5 Å². The molecule has 25 heavy (non-hydrogen) atoms. The third-order valence-electron chi connectivity index (χ3n) is 3.88. The van der Waals surface area contributed by atoms with E-state index in [-0.39, 0.29) is 31.2 Å². The van der Waals surface area contributed by atoms with Crippen molar-refractivity contribution in [3.63, 3.8) is 0 Å². The lowest BCUT2D eigenvalue weighted by Gasteiger charge is -2.26. The number of nitrogens with one attached hydrogen (secondary N) is 2. The molecule has 8 nitrogen and oxygen atoms in total. The monoisotopic (exact) mass is 342 g/mol. The van der Waals surface area contributed by atoms with Crippen LogP contribution in [-0.4, -0.2) is 33.8 Å². The largest absolute Gasteiger partial charge is 0.467 e. The summed E-state index contributed by atoms with van der Waals surface area (Å²) in [6.07, 6.45) is 5.21. The van der Waals surface area contributed by atoms with Crippen LogP contribution in [-0.2, 0) is 22.7 Å². The SMILES string of the molecule is O=C1CCC(C(=O)N(Cc2ccncc2)Cc2ccco2)NC(=O)N1. The summed E-state index contributed by atoms with van der Waals surface area (Å²) in [7, 11) is 0. The Morgan fingerprint density at radius 3 is 2.76 bits per heavy atom. The molecule has 3 heterocycles. The van der Waals surface area contributed by atoms with E-state index in [1.165, 1.54) is 0 Å². The van der Waals surface area contributed by atoms with Crippen molar-refractivity contribution in [3.05, 3.63) is 54.2 Å². The van der Waals surface area contributed by atoms with E-state index in [0.717, 1.165) is 5.56 Å². The number of rotatable bonds is 5. The van der Waals surface area contributed by atoms with Gasteiger partial charge in [-0.25, -0.2) is 4.79 Å². The molecule has 1 aliphatic rings. The lowest BCUT2D eigenvalue weighted by molar-refractivity contribution is -0.134. The number of pyridine rings is 1. The van der Waals surface area contributed by atoms with Crippen LogP contribution in [0.4, 0.5) is 4.79 Å². The number of imide groups is 1. The maximum atomic E-state index is 12.9. The van der Waals surface area contributed by atoms with Crippen molar-refractivity contribution in [2.75, 3.05) is 0 Å². The number of furan rings is 1. The Bertz CT molecular complexity index is 745. The van der Waals surface area contributed by atoms with Gasteiger partial charge < -0.3 is 14.6 Å². The summed E-state index contributed by atoms with van der Waals surface area (Å²) >= 11 is 0. The van der Waals surface area contributed by atoms with Gasteiger partial charge >= 0.3 is 6.03 Å². The minimum Gasteiger partial charge on any atom is -0.467 e. The molecule has 1 saturated heterocycles. The Kier molecular flexibility index (Phi) is 5.08. The second-order valence-electron chi connectivity index (χ2n) is 5.74. The molecule has 0 aliphatic carbocycles. The smallest absolute Gasteiger partial charge is 0.322 e. The summed E-state index contributed by atoms with van der Waals surface area (Å²) < 4.78 is 5.34. The van der Waals surface area contributed by atoms with E-state index in [9.17, 15) is 14.4 Å². The zero-order chi connectivity index (χ0) is 17.6. The number of hydrogen-bond acceptors (Lipinski definition) is 5. The van der Waals surface area contributed by atoms with E-state index in [4.69, 9.17) is 4.42 Å². The van der Waals surface area contributed by atoms with Crippen LogP contribution in [0.15, 0.2) is 47.3 Å². The maximum Gasteiger partial charge on any atom is 0.322 e. The van der Waals surface area contributed by atoms with Gasteiger partial charge in [-0.15, -0.1) is 0 Å². The first-order valence-corrected chi connectivity index (χ1v) is 7.92. The van der Waals surface area contributed by atoms with E-state index in [0.29, 0.717) is 12.3 Å². The molecule has 2 aromatic rings. The normalized spacial score (nSPS) is 17.4. The first-order chi connectivity index (χ1) is 12.1. The topological polar surface area (TPSA) is 105 Å². The molecule has 8 heteroatoms. The van der Waals surface area contributed by atoms with Crippen LogP contribution in [0.25, 0.3) is 0 Å².